The quantitative estimate of drug-likeness (QED) is 0.397. The van der Waals surface area contributed by atoms with Gasteiger partial charge in [-0.25, -0.2) is 0 Å². The van der Waals surface area contributed by atoms with Gasteiger partial charge in [-0.1, -0.05) is 0 Å². The van der Waals surface area contributed by atoms with Crippen LogP contribution in [-0.4, -0.2) is 6.04 Å². The second kappa shape index (κ2) is 1.45. The first kappa shape index (κ1) is 4.77. The summed E-state index contributed by atoms with van der Waals surface area (Å²) in [6.07, 6.45) is 4.26. The summed E-state index contributed by atoms with van der Waals surface area (Å²) in [6, 6.07) is 0.683. The van der Waals surface area contributed by atoms with Crippen molar-refractivity contribution in [1.29, 1.82) is 0 Å². The molecule has 2 fully saturated rings. The molecule has 0 saturated heterocycles. The predicted octanol–water partition coefficient (Wildman–Crippen LogP) is 0.248. The van der Waals surface area contributed by atoms with Gasteiger partial charge in [0.2, 0.25) is 0 Å². The molecule has 0 aromatic carbocycles. The van der Waals surface area contributed by atoms with Crippen LogP contribution < -0.4 is 11.3 Å². The lowest BCUT2D eigenvalue weighted by Crippen LogP contribution is -2.25. The molecule has 2 nitrogen and oxygen atoms in total. The molecule has 2 saturated carbocycles. The third-order valence-corrected chi connectivity index (χ3v) is 2.28. The molecule has 0 spiro atoms. The zero-order valence-corrected chi connectivity index (χ0v) is 4.93. The summed E-state index contributed by atoms with van der Waals surface area (Å²) >= 11 is 0. The molecule has 2 unspecified atom stereocenters. The summed E-state index contributed by atoms with van der Waals surface area (Å²) in [7, 11) is 0. The van der Waals surface area contributed by atoms with Gasteiger partial charge in [0.15, 0.2) is 0 Å². The summed E-state index contributed by atoms with van der Waals surface area (Å²) < 4.78 is 0. The van der Waals surface area contributed by atoms with Crippen LogP contribution in [0.25, 0.3) is 0 Å². The number of rotatable bonds is 2. The van der Waals surface area contributed by atoms with Crippen LogP contribution in [0.1, 0.15) is 19.3 Å². The van der Waals surface area contributed by atoms with Crippen molar-refractivity contribution in [1.82, 2.24) is 5.43 Å². The second-order valence-corrected chi connectivity index (χ2v) is 3.01. The molecule has 0 heterocycles. The summed E-state index contributed by atoms with van der Waals surface area (Å²) in [5, 5.41) is 0. The molecule has 0 amide bonds. The third-order valence-electron chi connectivity index (χ3n) is 2.28. The van der Waals surface area contributed by atoms with E-state index in [1.54, 1.807) is 0 Å². The highest BCUT2D eigenvalue weighted by Crippen LogP contribution is 2.49. The lowest BCUT2D eigenvalue weighted by atomic mass is 10.3. The van der Waals surface area contributed by atoms with Gasteiger partial charge in [-0.05, 0) is 31.1 Å². The molecule has 2 aliphatic rings. The molecule has 3 N–H and O–H groups in total. The minimum atomic E-state index is 0.683. The maximum atomic E-state index is 5.24. The number of hydrogen-bond acceptors (Lipinski definition) is 2. The van der Waals surface area contributed by atoms with Crippen LogP contribution in [0, 0.1) is 11.8 Å². The second-order valence-electron chi connectivity index (χ2n) is 3.01. The molecule has 0 radical (unpaired) electrons. The minimum absolute atomic E-state index is 0.683. The smallest absolute Gasteiger partial charge is 0.0245 e. The highest BCUT2D eigenvalue weighted by molar-refractivity contribution is 5.00. The van der Waals surface area contributed by atoms with Gasteiger partial charge in [-0.15, -0.1) is 0 Å². The molecule has 2 rings (SSSR count). The number of hydrogen-bond donors (Lipinski definition) is 2. The summed E-state index contributed by atoms with van der Waals surface area (Å²) in [5.41, 5.74) is 2.81. The van der Waals surface area contributed by atoms with E-state index in [-0.39, 0.29) is 0 Å². The molecule has 46 valence electrons. The van der Waals surface area contributed by atoms with E-state index in [9.17, 15) is 0 Å². The van der Waals surface area contributed by atoms with Crippen LogP contribution in [0.15, 0.2) is 0 Å². The van der Waals surface area contributed by atoms with Crippen molar-refractivity contribution in [2.45, 2.75) is 25.3 Å². The van der Waals surface area contributed by atoms with Crippen molar-refractivity contribution in [2.24, 2.45) is 17.7 Å². The molecule has 2 aliphatic carbocycles. The van der Waals surface area contributed by atoms with E-state index >= 15 is 0 Å². The van der Waals surface area contributed by atoms with Crippen molar-refractivity contribution < 1.29 is 0 Å². The Balaban J connectivity index is 1.79. The normalized spacial score (nSPS) is 44.6. The van der Waals surface area contributed by atoms with Gasteiger partial charge in [0.1, 0.15) is 0 Å². The van der Waals surface area contributed by atoms with Crippen LogP contribution in [-0.2, 0) is 0 Å². The van der Waals surface area contributed by atoms with Crippen molar-refractivity contribution in [3.8, 4) is 0 Å². The average molecular weight is 112 g/mol. The van der Waals surface area contributed by atoms with Crippen LogP contribution in [0.5, 0.6) is 0 Å². The Morgan fingerprint density at radius 3 is 2.50 bits per heavy atom. The third kappa shape index (κ3) is 0.644. The fourth-order valence-corrected chi connectivity index (χ4v) is 1.45. The molecule has 2 atom stereocenters. The Morgan fingerprint density at radius 1 is 1.38 bits per heavy atom. The molecular weight excluding hydrogens is 100 g/mol. The molecule has 0 aromatic rings. The first-order valence-electron chi connectivity index (χ1n) is 3.38. The average Bonchev–Trinajstić information content (AvgIpc) is 2.62. The van der Waals surface area contributed by atoms with E-state index in [1.807, 2.05) is 0 Å². The minimum Gasteiger partial charge on any atom is -0.271 e. The molecule has 0 aliphatic heterocycles. The Labute approximate surface area is 49.4 Å². The van der Waals surface area contributed by atoms with E-state index in [0.29, 0.717) is 6.04 Å². The van der Waals surface area contributed by atoms with Gasteiger partial charge in [0.25, 0.3) is 0 Å². The van der Waals surface area contributed by atoms with Crippen LogP contribution in [0.4, 0.5) is 0 Å². The Kier molecular flexibility index (Phi) is 0.866. The highest BCUT2D eigenvalue weighted by Gasteiger charge is 2.46. The topological polar surface area (TPSA) is 38.0 Å². The first-order valence-corrected chi connectivity index (χ1v) is 3.38. The van der Waals surface area contributed by atoms with Gasteiger partial charge in [-0.3, -0.25) is 11.3 Å². The van der Waals surface area contributed by atoms with Crippen molar-refractivity contribution >= 4 is 0 Å². The summed E-state index contributed by atoms with van der Waals surface area (Å²) in [6.45, 7) is 0. The van der Waals surface area contributed by atoms with E-state index < -0.39 is 0 Å². The van der Waals surface area contributed by atoms with Gasteiger partial charge in [-0.2, -0.15) is 0 Å². The van der Waals surface area contributed by atoms with E-state index in [4.69, 9.17) is 5.84 Å². The number of hydrazine groups is 1. The fourth-order valence-electron chi connectivity index (χ4n) is 1.45. The van der Waals surface area contributed by atoms with Gasteiger partial charge in [0.05, 0.1) is 0 Å². The molecular formula is C6H12N2. The van der Waals surface area contributed by atoms with Crippen molar-refractivity contribution in [2.75, 3.05) is 0 Å². The van der Waals surface area contributed by atoms with Crippen molar-refractivity contribution in [3.63, 3.8) is 0 Å². The van der Waals surface area contributed by atoms with Gasteiger partial charge >= 0.3 is 0 Å². The monoisotopic (exact) mass is 112 g/mol. The zero-order valence-electron chi connectivity index (χ0n) is 4.93. The number of nitrogens with two attached hydrogens (primary N) is 1. The van der Waals surface area contributed by atoms with Gasteiger partial charge < -0.3 is 0 Å². The van der Waals surface area contributed by atoms with Crippen LogP contribution in [0.3, 0.4) is 0 Å². The maximum absolute atomic E-state index is 5.24. The Bertz CT molecular complexity index is 98.7. The van der Waals surface area contributed by atoms with Crippen molar-refractivity contribution in [3.05, 3.63) is 0 Å². The highest BCUT2D eigenvalue weighted by atomic mass is 15.3. The van der Waals surface area contributed by atoms with E-state index in [0.717, 1.165) is 11.8 Å². The standard InChI is InChI=1S/C6H12N2/c7-8-6-3-5(6)4-1-2-4/h4-6,8H,1-3,7H2. The largest absolute Gasteiger partial charge is 0.271 e. The van der Waals surface area contributed by atoms with E-state index in [2.05, 4.69) is 5.43 Å². The Hall–Kier alpha value is -0.0800. The van der Waals surface area contributed by atoms with Gasteiger partial charge in [0, 0.05) is 6.04 Å². The summed E-state index contributed by atoms with van der Waals surface area (Å²) in [4.78, 5) is 0. The fraction of sp³-hybridized carbons (Fsp3) is 1.00. The lowest BCUT2D eigenvalue weighted by Gasteiger charge is -1.91. The van der Waals surface area contributed by atoms with Crippen LogP contribution in [0.2, 0.25) is 0 Å². The van der Waals surface area contributed by atoms with E-state index in [1.165, 1.54) is 19.3 Å². The Morgan fingerprint density at radius 2 is 2.12 bits per heavy atom. The zero-order chi connectivity index (χ0) is 5.56. The predicted molar refractivity (Wildman–Crippen MR) is 31.9 cm³/mol. The molecule has 0 aromatic heterocycles. The SMILES string of the molecule is NNC1CC1C1CC1. The molecule has 8 heavy (non-hydrogen) atoms. The molecule has 0 bridgehead atoms. The van der Waals surface area contributed by atoms with Crippen LogP contribution >= 0.6 is 0 Å². The lowest BCUT2D eigenvalue weighted by molar-refractivity contribution is 0.612. The first-order chi connectivity index (χ1) is 3.92. The maximum Gasteiger partial charge on any atom is 0.0245 e. The molecule has 2 heteroatoms. The summed E-state index contributed by atoms with van der Waals surface area (Å²) in [5.74, 6) is 7.25. The number of nitrogens with one attached hydrogen (secondary N) is 1.